The van der Waals surface area contributed by atoms with Crippen LogP contribution in [0.4, 0.5) is 0 Å². The van der Waals surface area contributed by atoms with Crippen molar-refractivity contribution in [3.8, 4) is 0 Å². The fraction of sp³-hybridized carbons (Fsp3) is 0.389. The Hall–Kier alpha value is -1.65. The molecule has 22 heavy (non-hydrogen) atoms. The predicted octanol–water partition coefficient (Wildman–Crippen LogP) is 3.50. The molecule has 4 rings (SSSR count). The normalized spacial score (nSPS) is 21.0. The molecular weight excluding hydrogens is 294 g/mol. The Balaban J connectivity index is 1.41. The summed E-state index contributed by atoms with van der Waals surface area (Å²) in [5.41, 5.74) is 2.72. The molecule has 1 fully saturated rings. The fourth-order valence-electron chi connectivity index (χ4n) is 3.37. The summed E-state index contributed by atoms with van der Waals surface area (Å²) in [5.74, 6) is 0.0482. The van der Waals surface area contributed by atoms with Crippen LogP contribution >= 0.6 is 11.3 Å². The number of thiophene rings is 1. The lowest BCUT2D eigenvalue weighted by Crippen LogP contribution is -2.34. The van der Waals surface area contributed by atoms with Crippen LogP contribution in [0.5, 0.6) is 0 Å². The van der Waals surface area contributed by atoms with E-state index < -0.39 is 0 Å². The lowest BCUT2D eigenvalue weighted by atomic mass is 10.1. The molecule has 1 aromatic heterocycles. The molecule has 1 N–H and O–H groups in total. The third kappa shape index (κ3) is 2.69. The molecule has 2 aliphatic rings. The number of nitrogens with one attached hydrogen (secondary N) is 1. The van der Waals surface area contributed by atoms with Gasteiger partial charge in [0.05, 0.1) is 11.0 Å². The Morgan fingerprint density at radius 1 is 1.14 bits per heavy atom. The minimum Gasteiger partial charge on any atom is -0.373 e. The van der Waals surface area contributed by atoms with Crippen molar-refractivity contribution < 1.29 is 9.53 Å². The number of rotatable bonds is 3. The molecule has 1 atom stereocenters. The van der Waals surface area contributed by atoms with Crippen LogP contribution in [-0.4, -0.2) is 18.6 Å². The number of ether oxygens (including phenoxy) is 1. The van der Waals surface area contributed by atoms with E-state index in [4.69, 9.17) is 4.74 Å². The zero-order chi connectivity index (χ0) is 14.9. The minimum absolute atomic E-state index is 0.0482. The average Bonchev–Trinajstić information content (AvgIpc) is 3.26. The molecule has 0 unspecified atom stereocenters. The highest BCUT2D eigenvalue weighted by Crippen LogP contribution is 2.33. The summed E-state index contributed by atoms with van der Waals surface area (Å²) in [7, 11) is 0. The van der Waals surface area contributed by atoms with E-state index in [0.29, 0.717) is 0 Å². The molecule has 2 heterocycles. The number of carbonyl (C=O) groups is 1. The maximum Gasteiger partial charge on any atom is 0.261 e. The quantitative estimate of drug-likeness (QED) is 0.942. The summed E-state index contributed by atoms with van der Waals surface area (Å²) in [6.07, 6.45) is 4.25. The number of carbonyl (C=O) groups excluding carboxylic acids is 1. The number of hydrogen-bond donors (Lipinski definition) is 1. The van der Waals surface area contributed by atoms with Gasteiger partial charge in [-0.15, -0.1) is 11.3 Å². The third-order valence-electron chi connectivity index (χ3n) is 4.48. The Morgan fingerprint density at radius 2 is 1.91 bits per heavy atom. The van der Waals surface area contributed by atoms with Gasteiger partial charge < -0.3 is 10.1 Å². The molecule has 0 bridgehead atoms. The molecule has 1 aliphatic heterocycles. The standard InChI is InChI=1S/C18H19NO2S/c20-18(17-8-7-16(22-17)15-6-3-9-21-15)19-14-10-12-4-1-2-5-13(12)11-14/h1-2,4-5,7-8,14-15H,3,6,9-11H2,(H,19,20)/t15-/m0/s1. The molecule has 1 aliphatic carbocycles. The summed E-state index contributed by atoms with van der Waals surface area (Å²) >= 11 is 1.57. The van der Waals surface area contributed by atoms with Gasteiger partial charge in [-0.05, 0) is 48.9 Å². The highest BCUT2D eigenvalue weighted by molar-refractivity contribution is 7.14. The first kappa shape index (κ1) is 14.0. The van der Waals surface area contributed by atoms with Crippen molar-refractivity contribution >= 4 is 17.2 Å². The highest BCUT2D eigenvalue weighted by atomic mass is 32.1. The van der Waals surface area contributed by atoms with Crippen LogP contribution in [0.1, 0.15) is 44.6 Å². The van der Waals surface area contributed by atoms with Crippen LogP contribution in [0.15, 0.2) is 36.4 Å². The summed E-state index contributed by atoms with van der Waals surface area (Å²) in [4.78, 5) is 14.4. The second-order valence-corrected chi connectivity index (χ2v) is 7.17. The second-order valence-electron chi connectivity index (χ2n) is 6.05. The van der Waals surface area contributed by atoms with Gasteiger partial charge >= 0.3 is 0 Å². The highest BCUT2D eigenvalue weighted by Gasteiger charge is 2.25. The molecule has 3 nitrogen and oxygen atoms in total. The molecule has 1 saturated heterocycles. The van der Waals surface area contributed by atoms with Gasteiger partial charge in [-0.2, -0.15) is 0 Å². The predicted molar refractivity (Wildman–Crippen MR) is 87.4 cm³/mol. The van der Waals surface area contributed by atoms with Gasteiger partial charge in [-0.3, -0.25) is 4.79 Å². The second kappa shape index (κ2) is 5.86. The molecule has 0 spiro atoms. The van der Waals surface area contributed by atoms with Crippen molar-refractivity contribution in [2.45, 2.75) is 37.8 Å². The number of benzene rings is 1. The number of amides is 1. The van der Waals surface area contributed by atoms with Crippen LogP contribution in [-0.2, 0) is 17.6 Å². The van der Waals surface area contributed by atoms with Crippen LogP contribution in [0.3, 0.4) is 0 Å². The smallest absolute Gasteiger partial charge is 0.261 e. The van der Waals surface area contributed by atoms with Crippen molar-refractivity contribution in [3.63, 3.8) is 0 Å². The van der Waals surface area contributed by atoms with E-state index in [0.717, 1.165) is 37.2 Å². The molecule has 1 amide bonds. The first-order chi connectivity index (χ1) is 10.8. The minimum atomic E-state index is 0.0482. The summed E-state index contributed by atoms with van der Waals surface area (Å²) in [5, 5.41) is 3.18. The third-order valence-corrected chi connectivity index (χ3v) is 5.66. The lowest BCUT2D eigenvalue weighted by Gasteiger charge is -2.11. The zero-order valence-electron chi connectivity index (χ0n) is 12.4. The first-order valence-corrected chi connectivity index (χ1v) is 8.70. The molecular formula is C18H19NO2S. The van der Waals surface area contributed by atoms with Gasteiger partial charge in [-0.1, -0.05) is 24.3 Å². The average molecular weight is 313 g/mol. The molecule has 2 aromatic rings. The molecule has 0 radical (unpaired) electrons. The monoisotopic (exact) mass is 313 g/mol. The molecule has 114 valence electrons. The van der Waals surface area contributed by atoms with Crippen LogP contribution < -0.4 is 5.32 Å². The molecule has 1 aromatic carbocycles. The van der Waals surface area contributed by atoms with Crippen molar-refractivity contribution in [2.24, 2.45) is 0 Å². The van der Waals surface area contributed by atoms with Crippen LogP contribution in [0.25, 0.3) is 0 Å². The topological polar surface area (TPSA) is 38.3 Å². The maximum atomic E-state index is 12.4. The lowest BCUT2D eigenvalue weighted by molar-refractivity contribution is 0.0942. The van der Waals surface area contributed by atoms with Crippen LogP contribution in [0, 0.1) is 0 Å². The van der Waals surface area contributed by atoms with E-state index in [2.05, 4.69) is 29.6 Å². The van der Waals surface area contributed by atoms with Gasteiger partial charge in [0.2, 0.25) is 0 Å². The Kier molecular flexibility index (Phi) is 3.72. The Bertz CT molecular complexity index is 663. The van der Waals surface area contributed by atoms with Crippen molar-refractivity contribution in [1.29, 1.82) is 0 Å². The van der Waals surface area contributed by atoms with E-state index in [1.807, 2.05) is 12.1 Å². The van der Waals surface area contributed by atoms with E-state index >= 15 is 0 Å². The Morgan fingerprint density at radius 3 is 2.59 bits per heavy atom. The molecule has 0 saturated carbocycles. The van der Waals surface area contributed by atoms with E-state index in [1.54, 1.807) is 11.3 Å². The Labute approximate surface area is 134 Å². The van der Waals surface area contributed by atoms with Gasteiger partial charge in [0.25, 0.3) is 5.91 Å². The largest absolute Gasteiger partial charge is 0.373 e. The summed E-state index contributed by atoms with van der Waals surface area (Å²) in [6, 6.07) is 12.6. The summed E-state index contributed by atoms with van der Waals surface area (Å²) < 4.78 is 5.69. The SMILES string of the molecule is O=C(NC1Cc2ccccc2C1)c1ccc([C@@H]2CCCO2)s1. The fourth-order valence-corrected chi connectivity index (χ4v) is 4.36. The number of hydrogen-bond acceptors (Lipinski definition) is 3. The van der Waals surface area contributed by atoms with Crippen molar-refractivity contribution in [3.05, 3.63) is 57.3 Å². The van der Waals surface area contributed by atoms with E-state index in [1.165, 1.54) is 16.0 Å². The van der Waals surface area contributed by atoms with Crippen molar-refractivity contribution in [2.75, 3.05) is 6.61 Å². The van der Waals surface area contributed by atoms with E-state index in [-0.39, 0.29) is 18.1 Å². The van der Waals surface area contributed by atoms with Gasteiger partial charge in [0.1, 0.15) is 0 Å². The van der Waals surface area contributed by atoms with Gasteiger partial charge in [0, 0.05) is 17.5 Å². The van der Waals surface area contributed by atoms with Crippen molar-refractivity contribution in [1.82, 2.24) is 5.32 Å². The van der Waals surface area contributed by atoms with Crippen LogP contribution in [0.2, 0.25) is 0 Å². The summed E-state index contributed by atoms with van der Waals surface area (Å²) in [6.45, 7) is 0.838. The first-order valence-electron chi connectivity index (χ1n) is 7.88. The maximum absolute atomic E-state index is 12.4. The zero-order valence-corrected chi connectivity index (χ0v) is 13.2. The van der Waals surface area contributed by atoms with Gasteiger partial charge in [-0.25, -0.2) is 0 Å². The van der Waals surface area contributed by atoms with Gasteiger partial charge in [0.15, 0.2) is 0 Å². The molecule has 4 heteroatoms. The number of fused-ring (bicyclic) bond motifs is 1. The van der Waals surface area contributed by atoms with E-state index in [9.17, 15) is 4.79 Å².